The smallest absolute Gasteiger partial charge is 0.191 e. The lowest BCUT2D eigenvalue weighted by molar-refractivity contribution is 0.102. The number of Topliss-reactive ketones (excluding diaryl/α,β-unsaturated/α-hetero) is 1. The third-order valence-electron chi connectivity index (χ3n) is 3.09. The summed E-state index contributed by atoms with van der Waals surface area (Å²) in [5.41, 5.74) is 0.711. The van der Waals surface area contributed by atoms with Crippen molar-refractivity contribution in [2.75, 3.05) is 5.75 Å². The van der Waals surface area contributed by atoms with E-state index < -0.39 is 5.82 Å². The molecule has 2 rings (SSSR count). The van der Waals surface area contributed by atoms with Gasteiger partial charge in [0.05, 0.1) is 10.8 Å². The molecule has 0 spiro atoms. The molecule has 7 heteroatoms. The van der Waals surface area contributed by atoms with E-state index >= 15 is 0 Å². The molecule has 2 aromatic rings. The van der Waals surface area contributed by atoms with Gasteiger partial charge in [-0.05, 0) is 31.5 Å². The Morgan fingerprint density at radius 3 is 2.86 bits per heavy atom. The standard InChI is InChI=1S/C15H15ClFN3OS/c1-4-5-20-10(3)18-19-15(20)22-8-14(21)11-6-9(2)13(17)7-12(11)16/h4,6-7H,1,5,8H2,2-3H3. The van der Waals surface area contributed by atoms with Crippen LogP contribution in [0.15, 0.2) is 29.9 Å². The number of thioether (sulfide) groups is 1. The van der Waals surface area contributed by atoms with Crippen molar-refractivity contribution in [3.63, 3.8) is 0 Å². The Morgan fingerprint density at radius 2 is 2.18 bits per heavy atom. The molecule has 0 aliphatic heterocycles. The first-order valence-electron chi connectivity index (χ1n) is 6.56. The van der Waals surface area contributed by atoms with Crippen LogP contribution in [0.1, 0.15) is 21.7 Å². The molecule has 1 aromatic heterocycles. The number of hydrogen-bond donors (Lipinski definition) is 0. The van der Waals surface area contributed by atoms with E-state index in [1.54, 1.807) is 13.0 Å². The van der Waals surface area contributed by atoms with E-state index in [1.807, 2.05) is 11.5 Å². The van der Waals surface area contributed by atoms with E-state index in [9.17, 15) is 9.18 Å². The quantitative estimate of drug-likeness (QED) is 0.455. The number of carbonyl (C=O) groups is 1. The number of halogens is 2. The number of allylic oxidation sites excluding steroid dienone is 1. The average molecular weight is 340 g/mol. The maximum Gasteiger partial charge on any atom is 0.191 e. The van der Waals surface area contributed by atoms with Crippen LogP contribution < -0.4 is 0 Å². The van der Waals surface area contributed by atoms with Gasteiger partial charge in [0, 0.05) is 12.1 Å². The van der Waals surface area contributed by atoms with Crippen LogP contribution in [-0.4, -0.2) is 26.3 Å². The highest BCUT2D eigenvalue weighted by molar-refractivity contribution is 7.99. The van der Waals surface area contributed by atoms with E-state index in [1.165, 1.54) is 23.9 Å². The molecule has 1 aromatic carbocycles. The van der Waals surface area contributed by atoms with Gasteiger partial charge in [-0.15, -0.1) is 16.8 Å². The van der Waals surface area contributed by atoms with Gasteiger partial charge in [0.15, 0.2) is 10.9 Å². The summed E-state index contributed by atoms with van der Waals surface area (Å²) < 4.78 is 15.2. The van der Waals surface area contributed by atoms with Crippen molar-refractivity contribution >= 4 is 29.1 Å². The molecule has 1 heterocycles. The predicted molar refractivity (Wildman–Crippen MR) is 86.2 cm³/mol. The third-order valence-corrected chi connectivity index (χ3v) is 4.37. The minimum Gasteiger partial charge on any atom is -0.302 e. The van der Waals surface area contributed by atoms with Gasteiger partial charge < -0.3 is 4.57 Å². The van der Waals surface area contributed by atoms with E-state index in [4.69, 9.17) is 11.6 Å². The number of aryl methyl sites for hydroxylation is 2. The van der Waals surface area contributed by atoms with Gasteiger partial charge in [-0.3, -0.25) is 4.79 Å². The SMILES string of the molecule is C=CCn1c(C)nnc1SCC(=O)c1cc(C)c(F)cc1Cl. The first kappa shape index (κ1) is 16.7. The lowest BCUT2D eigenvalue weighted by Crippen LogP contribution is -2.07. The number of hydrogen-bond acceptors (Lipinski definition) is 4. The highest BCUT2D eigenvalue weighted by Gasteiger charge is 2.16. The molecule has 22 heavy (non-hydrogen) atoms. The van der Waals surface area contributed by atoms with Crippen molar-refractivity contribution in [1.29, 1.82) is 0 Å². The molecule has 0 bridgehead atoms. The van der Waals surface area contributed by atoms with Crippen LogP contribution in [-0.2, 0) is 6.54 Å². The number of benzene rings is 1. The Balaban J connectivity index is 2.14. The van der Waals surface area contributed by atoms with Crippen molar-refractivity contribution in [2.24, 2.45) is 0 Å². The highest BCUT2D eigenvalue weighted by atomic mass is 35.5. The van der Waals surface area contributed by atoms with E-state index in [0.29, 0.717) is 22.8 Å². The number of ketones is 1. The van der Waals surface area contributed by atoms with Crippen molar-refractivity contribution in [3.8, 4) is 0 Å². The van der Waals surface area contributed by atoms with Gasteiger partial charge in [0.2, 0.25) is 0 Å². The largest absolute Gasteiger partial charge is 0.302 e. The number of nitrogens with zero attached hydrogens (tertiary/aromatic N) is 3. The first-order valence-corrected chi connectivity index (χ1v) is 7.92. The molecule has 0 saturated carbocycles. The van der Waals surface area contributed by atoms with Crippen LogP contribution in [0.2, 0.25) is 5.02 Å². The second kappa shape index (κ2) is 7.07. The van der Waals surface area contributed by atoms with Crippen molar-refractivity contribution in [3.05, 3.63) is 52.6 Å². The zero-order valence-electron chi connectivity index (χ0n) is 12.3. The molecule has 0 atom stereocenters. The van der Waals surface area contributed by atoms with Crippen molar-refractivity contribution in [2.45, 2.75) is 25.5 Å². The van der Waals surface area contributed by atoms with Gasteiger partial charge >= 0.3 is 0 Å². The fourth-order valence-corrected chi connectivity index (χ4v) is 3.02. The van der Waals surface area contributed by atoms with Crippen LogP contribution in [0.3, 0.4) is 0 Å². The zero-order valence-corrected chi connectivity index (χ0v) is 13.8. The highest BCUT2D eigenvalue weighted by Crippen LogP contribution is 2.24. The monoisotopic (exact) mass is 339 g/mol. The number of carbonyl (C=O) groups excluding carboxylic acids is 1. The maximum atomic E-state index is 13.4. The first-order chi connectivity index (χ1) is 10.4. The summed E-state index contributed by atoms with van der Waals surface area (Å²) in [4.78, 5) is 12.3. The van der Waals surface area contributed by atoms with Gasteiger partial charge in [-0.2, -0.15) is 0 Å². The molecule has 0 fully saturated rings. The maximum absolute atomic E-state index is 13.4. The summed E-state index contributed by atoms with van der Waals surface area (Å²) in [6, 6.07) is 2.64. The van der Waals surface area contributed by atoms with Gasteiger partial charge in [-0.25, -0.2) is 4.39 Å². The Kier molecular flexibility index (Phi) is 5.37. The second-order valence-electron chi connectivity index (χ2n) is 4.72. The normalized spacial score (nSPS) is 10.7. The summed E-state index contributed by atoms with van der Waals surface area (Å²) in [6.45, 7) is 7.69. The van der Waals surface area contributed by atoms with Crippen LogP contribution in [0.25, 0.3) is 0 Å². The minimum absolute atomic E-state index is 0.123. The fourth-order valence-electron chi connectivity index (χ4n) is 1.89. The lowest BCUT2D eigenvalue weighted by Gasteiger charge is -2.07. The summed E-state index contributed by atoms with van der Waals surface area (Å²) >= 11 is 7.22. The van der Waals surface area contributed by atoms with Crippen molar-refractivity contribution in [1.82, 2.24) is 14.8 Å². The minimum atomic E-state index is -0.421. The Labute approximate surface area is 137 Å². The summed E-state index contributed by atoms with van der Waals surface area (Å²) in [5, 5.41) is 8.79. The summed E-state index contributed by atoms with van der Waals surface area (Å²) in [5.74, 6) is 0.310. The second-order valence-corrected chi connectivity index (χ2v) is 6.07. The number of aromatic nitrogens is 3. The topological polar surface area (TPSA) is 47.8 Å². The molecule has 0 radical (unpaired) electrons. The molecule has 116 valence electrons. The molecule has 0 aliphatic rings. The molecule has 0 amide bonds. The fraction of sp³-hybridized carbons (Fsp3) is 0.267. The molecule has 0 N–H and O–H groups in total. The van der Waals surface area contributed by atoms with Crippen molar-refractivity contribution < 1.29 is 9.18 Å². The van der Waals surface area contributed by atoms with Crippen LogP contribution in [0, 0.1) is 19.7 Å². The van der Waals surface area contributed by atoms with Crippen LogP contribution in [0.4, 0.5) is 4.39 Å². The van der Waals surface area contributed by atoms with Gasteiger partial charge in [0.25, 0.3) is 0 Å². The van der Waals surface area contributed by atoms with E-state index in [-0.39, 0.29) is 16.6 Å². The molecule has 0 aliphatic carbocycles. The van der Waals surface area contributed by atoms with E-state index in [2.05, 4.69) is 16.8 Å². The summed E-state index contributed by atoms with van der Waals surface area (Å²) in [6.07, 6.45) is 1.74. The zero-order chi connectivity index (χ0) is 16.3. The van der Waals surface area contributed by atoms with E-state index in [0.717, 1.165) is 5.82 Å². The molecule has 0 saturated heterocycles. The molecular weight excluding hydrogens is 325 g/mol. The van der Waals surface area contributed by atoms with Gasteiger partial charge in [-0.1, -0.05) is 29.4 Å². The third kappa shape index (κ3) is 3.56. The molecule has 0 unspecified atom stereocenters. The van der Waals surface area contributed by atoms with Crippen LogP contribution >= 0.6 is 23.4 Å². The number of rotatable bonds is 6. The molecule has 4 nitrogen and oxygen atoms in total. The molecular formula is C15H15ClFN3OS. The lowest BCUT2D eigenvalue weighted by atomic mass is 10.1. The average Bonchev–Trinajstić information content (AvgIpc) is 2.82. The Morgan fingerprint density at radius 1 is 1.45 bits per heavy atom. The Hall–Kier alpha value is -1.66. The Bertz CT molecular complexity index is 730. The summed E-state index contributed by atoms with van der Waals surface area (Å²) in [7, 11) is 0. The van der Waals surface area contributed by atoms with Crippen LogP contribution in [0.5, 0.6) is 0 Å². The van der Waals surface area contributed by atoms with Gasteiger partial charge in [0.1, 0.15) is 11.6 Å². The predicted octanol–water partition coefficient (Wildman–Crippen LogP) is 3.85.